The Hall–Kier alpha value is 0.270. The first-order valence-electron chi connectivity index (χ1n) is 5.06. The molecular weight excluding hydrogens is 184 g/mol. The van der Waals surface area contributed by atoms with Crippen LogP contribution in [-0.2, 0) is 4.74 Å². The van der Waals surface area contributed by atoms with E-state index in [1.165, 1.54) is 6.42 Å². The smallest absolute Gasteiger partial charge is 0.0628 e. The summed E-state index contributed by atoms with van der Waals surface area (Å²) in [6, 6.07) is 0. The zero-order chi connectivity index (χ0) is 10.1. The van der Waals surface area contributed by atoms with Crippen molar-refractivity contribution < 1.29 is 9.84 Å². The third kappa shape index (κ3) is 8.60. The zero-order valence-corrected chi connectivity index (χ0v) is 9.77. The highest BCUT2D eigenvalue weighted by molar-refractivity contribution is 7.99. The van der Waals surface area contributed by atoms with Crippen molar-refractivity contribution in [1.82, 2.24) is 0 Å². The summed E-state index contributed by atoms with van der Waals surface area (Å²) in [5, 5.41) is 9.51. The number of thioether (sulfide) groups is 1. The first kappa shape index (κ1) is 13.3. The van der Waals surface area contributed by atoms with Crippen molar-refractivity contribution in [2.24, 2.45) is 0 Å². The fourth-order valence-electron chi connectivity index (χ4n) is 0.781. The minimum atomic E-state index is -0.222. The van der Waals surface area contributed by atoms with Gasteiger partial charge >= 0.3 is 0 Å². The Kier molecular flexibility index (Phi) is 9.03. The van der Waals surface area contributed by atoms with Gasteiger partial charge < -0.3 is 9.84 Å². The van der Waals surface area contributed by atoms with Gasteiger partial charge in [-0.1, -0.05) is 20.3 Å². The van der Waals surface area contributed by atoms with E-state index < -0.39 is 0 Å². The fraction of sp³-hybridized carbons (Fsp3) is 1.00. The summed E-state index contributed by atoms with van der Waals surface area (Å²) >= 11 is 1.77. The summed E-state index contributed by atoms with van der Waals surface area (Å²) in [6.07, 6.45) is 2.12. The maximum Gasteiger partial charge on any atom is 0.0628 e. The second-order valence-electron chi connectivity index (χ2n) is 3.28. The lowest BCUT2D eigenvalue weighted by Gasteiger charge is -2.13. The minimum Gasteiger partial charge on any atom is -0.392 e. The Labute approximate surface area is 86.1 Å². The van der Waals surface area contributed by atoms with Crippen molar-refractivity contribution in [3.05, 3.63) is 0 Å². The van der Waals surface area contributed by atoms with Gasteiger partial charge in [-0.2, -0.15) is 11.8 Å². The van der Waals surface area contributed by atoms with E-state index in [1.807, 2.05) is 13.8 Å². The second kappa shape index (κ2) is 8.85. The van der Waals surface area contributed by atoms with Gasteiger partial charge in [-0.05, 0) is 13.3 Å². The number of hydrogen-bond donors (Lipinski definition) is 1. The van der Waals surface area contributed by atoms with Gasteiger partial charge in [-0.15, -0.1) is 0 Å². The lowest BCUT2D eigenvalue weighted by Crippen LogP contribution is -2.16. The lowest BCUT2D eigenvalue weighted by atomic mass is 10.3. The van der Waals surface area contributed by atoms with Crippen LogP contribution in [0.3, 0.4) is 0 Å². The van der Waals surface area contributed by atoms with E-state index in [2.05, 4.69) is 6.92 Å². The van der Waals surface area contributed by atoms with E-state index in [9.17, 15) is 5.11 Å². The molecule has 0 bridgehead atoms. The van der Waals surface area contributed by atoms with Crippen LogP contribution < -0.4 is 0 Å². The summed E-state index contributed by atoms with van der Waals surface area (Å²) in [7, 11) is 0. The third-order valence-electron chi connectivity index (χ3n) is 1.93. The predicted octanol–water partition coefficient (Wildman–Crippen LogP) is 2.31. The summed E-state index contributed by atoms with van der Waals surface area (Å²) in [5.74, 6) is 0.982. The summed E-state index contributed by atoms with van der Waals surface area (Å²) in [6.45, 7) is 7.71. The van der Waals surface area contributed by atoms with Crippen LogP contribution in [0.1, 0.15) is 33.6 Å². The maximum absolute atomic E-state index is 9.20. The second-order valence-corrected chi connectivity index (χ2v) is 4.77. The molecule has 0 aliphatic carbocycles. The highest BCUT2D eigenvalue weighted by Gasteiger charge is 2.07. The number of rotatable bonds is 8. The number of aliphatic hydroxyl groups excluding tert-OH is 1. The van der Waals surface area contributed by atoms with Crippen LogP contribution >= 0.6 is 11.8 Å². The molecule has 0 aromatic carbocycles. The number of unbranched alkanes of at least 4 members (excludes halogenated alkanes) is 1. The van der Waals surface area contributed by atoms with E-state index >= 15 is 0 Å². The average Bonchev–Trinajstić information content (AvgIpc) is 2.10. The summed E-state index contributed by atoms with van der Waals surface area (Å²) in [4.78, 5) is 0. The molecule has 0 saturated carbocycles. The summed E-state index contributed by atoms with van der Waals surface area (Å²) < 4.78 is 5.40. The van der Waals surface area contributed by atoms with E-state index in [0.29, 0.717) is 5.25 Å². The molecule has 0 fully saturated rings. The molecule has 0 amide bonds. The Morgan fingerprint density at radius 3 is 2.54 bits per heavy atom. The minimum absolute atomic E-state index is 0.222. The molecule has 0 aromatic heterocycles. The van der Waals surface area contributed by atoms with Crippen molar-refractivity contribution in [3.8, 4) is 0 Å². The monoisotopic (exact) mass is 206 g/mol. The van der Waals surface area contributed by atoms with Crippen LogP contribution in [-0.4, -0.2) is 35.4 Å². The van der Waals surface area contributed by atoms with E-state index in [-0.39, 0.29) is 6.10 Å². The molecule has 1 N–H and O–H groups in total. The van der Waals surface area contributed by atoms with Crippen molar-refractivity contribution >= 4 is 11.8 Å². The van der Waals surface area contributed by atoms with Crippen molar-refractivity contribution in [2.75, 3.05) is 19.0 Å². The quantitative estimate of drug-likeness (QED) is 0.618. The zero-order valence-electron chi connectivity index (χ0n) is 8.95. The fourth-order valence-corrected chi connectivity index (χ4v) is 1.65. The topological polar surface area (TPSA) is 29.5 Å². The largest absolute Gasteiger partial charge is 0.392 e. The van der Waals surface area contributed by atoms with E-state index in [1.54, 1.807) is 11.8 Å². The van der Waals surface area contributed by atoms with Crippen molar-refractivity contribution in [1.29, 1.82) is 0 Å². The molecule has 3 heteroatoms. The SMILES string of the molecule is CCCCOCCSC(C)C(C)O. The average molecular weight is 206 g/mol. The normalized spacial score (nSPS) is 15.7. The molecule has 0 radical (unpaired) electrons. The van der Waals surface area contributed by atoms with Crippen molar-refractivity contribution in [2.45, 2.75) is 45.0 Å². The molecule has 0 aromatic rings. The highest BCUT2D eigenvalue weighted by Crippen LogP contribution is 2.13. The molecule has 2 atom stereocenters. The molecule has 0 aliphatic rings. The number of ether oxygens (including phenoxy) is 1. The molecule has 0 saturated heterocycles. The van der Waals surface area contributed by atoms with Crippen LogP contribution in [0.2, 0.25) is 0 Å². The van der Waals surface area contributed by atoms with Crippen LogP contribution in [0.15, 0.2) is 0 Å². The van der Waals surface area contributed by atoms with Gasteiger partial charge in [0, 0.05) is 17.6 Å². The number of hydrogen-bond acceptors (Lipinski definition) is 3. The van der Waals surface area contributed by atoms with Gasteiger partial charge in [0.05, 0.1) is 12.7 Å². The molecule has 0 rings (SSSR count). The molecule has 2 nitrogen and oxygen atoms in total. The lowest BCUT2D eigenvalue weighted by molar-refractivity contribution is 0.146. The molecule has 2 unspecified atom stereocenters. The molecule has 0 aliphatic heterocycles. The van der Waals surface area contributed by atoms with Gasteiger partial charge in [-0.3, -0.25) is 0 Å². The Balaban J connectivity index is 3.07. The van der Waals surface area contributed by atoms with E-state index in [0.717, 1.165) is 25.4 Å². The van der Waals surface area contributed by atoms with Gasteiger partial charge in [-0.25, -0.2) is 0 Å². The highest BCUT2D eigenvalue weighted by atomic mass is 32.2. The van der Waals surface area contributed by atoms with E-state index in [4.69, 9.17) is 4.74 Å². The van der Waals surface area contributed by atoms with Crippen LogP contribution in [0, 0.1) is 0 Å². The molecule has 80 valence electrons. The van der Waals surface area contributed by atoms with Crippen LogP contribution in [0.5, 0.6) is 0 Å². The Morgan fingerprint density at radius 2 is 2.00 bits per heavy atom. The predicted molar refractivity (Wildman–Crippen MR) is 59.3 cm³/mol. The molecule has 0 spiro atoms. The van der Waals surface area contributed by atoms with Gasteiger partial charge in [0.15, 0.2) is 0 Å². The summed E-state index contributed by atoms with van der Waals surface area (Å²) in [5.41, 5.74) is 0. The Morgan fingerprint density at radius 1 is 1.31 bits per heavy atom. The molecule has 0 heterocycles. The van der Waals surface area contributed by atoms with Crippen LogP contribution in [0.25, 0.3) is 0 Å². The Bertz CT molecular complexity index is 107. The first-order chi connectivity index (χ1) is 6.18. The molecular formula is C10H22O2S. The van der Waals surface area contributed by atoms with Crippen molar-refractivity contribution in [3.63, 3.8) is 0 Å². The molecule has 13 heavy (non-hydrogen) atoms. The number of aliphatic hydroxyl groups is 1. The maximum atomic E-state index is 9.20. The van der Waals surface area contributed by atoms with Gasteiger partial charge in [0.1, 0.15) is 0 Å². The van der Waals surface area contributed by atoms with Gasteiger partial charge in [0.25, 0.3) is 0 Å². The third-order valence-corrected chi connectivity index (χ3v) is 3.25. The van der Waals surface area contributed by atoms with Gasteiger partial charge in [0.2, 0.25) is 0 Å². The first-order valence-corrected chi connectivity index (χ1v) is 6.10. The van der Waals surface area contributed by atoms with Crippen LogP contribution in [0.4, 0.5) is 0 Å². The standard InChI is InChI=1S/C10H22O2S/c1-4-5-6-12-7-8-13-10(3)9(2)11/h9-11H,4-8H2,1-3H3.